The van der Waals surface area contributed by atoms with Crippen LogP contribution >= 0.6 is 31.9 Å². The number of carbonyl (C=O) groups is 1. The largest absolute Gasteiger partial charge is 0.454 e. The highest BCUT2D eigenvalue weighted by molar-refractivity contribution is 9.11. The summed E-state index contributed by atoms with van der Waals surface area (Å²) in [5.41, 5.74) is 0.206. The van der Waals surface area contributed by atoms with Gasteiger partial charge in [-0.05, 0) is 46.3 Å². The van der Waals surface area contributed by atoms with Crippen molar-refractivity contribution in [2.75, 3.05) is 6.79 Å². The summed E-state index contributed by atoms with van der Waals surface area (Å²) >= 11 is 6.50. The molecule has 2 aromatic rings. The molecule has 0 radical (unpaired) electrons. The van der Waals surface area contributed by atoms with E-state index in [2.05, 4.69) is 31.9 Å². The monoisotopic (exact) mass is 461 g/mol. The third kappa shape index (κ3) is 3.36. The Hall–Kier alpha value is -1.58. The van der Waals surface area contributed by atoms with Gasteiger partial charge in [0.15, 0.2) is 11.5 Å². The molecule has 0 aromatic heterocycles. The Balaban J connectivity index is 1.87. The minimum atomic E-state index is -4.02. The first kappa shape index (κ1) is 16.3. The molecule has 0 spiro atoms. The smallest absolute Gasteiger partial charge is 0.266 e. The van der Waals surface area contributed by atoms with Gasteiger partial charge in [0.2, 0.25) is 6.79 Å². The van der Waals surface area contributed by atoms with Crippen molar-refractivity contribution in [1.29, 1.82) is 0 Å². The fourth-order valence-corrected chi connectivity index (χ4v) is 4.16. The van der Waals surface area contributed by atoms with Crippen LogP contribution in [-0.2, 0) is 10.0 Å². The predicted octanol–water partition coefficient (Wildman–Crippen LogP) is 3.06. The minimum absolute atomic E-state index is 0.0387. The average Bonchev–Trinajstić information content (AvgIpc) is 2.93. The van der Waals surface area contributed by atoms with Crippen LogP contribution in [-0.4, -0.2) is 21.1 Å². The highest BCUT2D eigenvalue weighted by Gasteiger charge is 2.23. The van der Waals surface area contributed by atoms with Gasteiger partial charge in [-0.1, -0.05) is 15.9 Å². The molecule has 6 nitrogen and oxygen atoms in total. The van der Waals surface area contributed by atoms with E-state index < -0.39 is 15.9 Å². The molecule has 0 saturated carbocycles. The third-order valence-electron chi connectivity index (χ3n) is 3.06. The number of hydrogen-bond acceptors (Lipinski definition) is 5. The van der Waals surface area contributed by atoms with Gasteiger partial charge >= 0.3 is 0 Å². The van der Waals surface area contributed by atoms with Crippen LogP contribution in [0.5, 0.6) is 11.5 Å². The lowest BCUT2D eigenvalue weighted by Gasteiger charge is -2.09. The summed E-state index contributed by atoms with van der Waals surface area (Å²) in [6.07, 6.45) is 0. The Morgan fingerprint density at radius 2 is 1.78 bits per heavy atom. The number of rotatable bonds is 3. The Kier molecular flexibility index (Phi) is 4.35. The lowest BCUT2D eigenvalue weighted by atomic mass is 10.2. The molecule has 0 fully saturated rings. The normalized spacial score (nSPS) is 13.0. The van der Waals surface area contributed by atoms with E-state index in [1.54, 1.807) is 12.1 Å². The van der Waals surface area contributed by atoms with E-state index in [0.29, 0.717) is 16.0 Å². The van der Waals surface area contributed by atoms with Crippen molar-refractivity contribution in [2.45, 2.75) is 4.90 Å². The molecule has 120 valence electrons. The van der Waals surface area contributed by atoms with Crippen LogP contribution in [0.4, 0.5) is 0 Å². The molecule has 1 aliphatic rings. The zero-order valence-electron chi connectivity index (χ0n) is 11.4. The number of ether oxygens (including phenoxy) is 2. The molecule has 1 heterocycles. The first-order chi connectivity index (χ1) is 10.9. The molecular weight excluding hydrogens is 454 g/mol. The number of hydrogen-bond donors (Lipinski definition) is 1. The maximum Gasteiger partial charge on any atom is 0.266 e. The zero-order chi connectivity index (χ0) is 16.6. The van der Waals surface area contributed by atoms with E-state index in [0.717, 1.165) is 4.47 Å². The quantitative estimate of drug-likeness (QED) is 0.757. The van der Waals surface area contributed by atoms with E-state index in [1.807, 2.05) is 4.72 Å². The number of sulfonamides is 1. The summed E-state index contributed by atoms with van der Waals surface area (Å²) in [7, 11) is -4.02. The van der Waals surface area contributed by atoms with Crippen molar-refractivity contribution in [2.24, 2.45) is 0 Å². The van der Waals surface area contributed by atoms with Crippen molar-refractivity contribution >= 4 is 47.8 Å². The van der Waals surface area contributed by atoms with Crippen LogP contribution in [0, 0.1) is 0 Å². The topological polar surface area (TPSA) is 81.7 Å². The van der Waals surface area contributed by atoms with Gasteiger partial charge < -0.3 is 9.47 Å². The van der Waals surface area contributed by atoms with Gasteiger partial charge in [0.05, 0.1) is 10.5 Å². The second-order valence-corrected chi connectivity index (χ2v) is 8.03. The molecule has 0 bridgehead atoms. The van der Waals surface area contributed by atoms with Gasteiger partial charge in [-0.2, -0.15) is 0 Å². The molecular formula is C14H9Br2NO5S. The molecule has 0 saturated heterocycles. The number of nitrogens with one attached hydrogen (secondary N) is 1. The van der Waals surface area contributed by atoms with E-state index >= 15 is 0 Å². The van der Waals surface area contributed by atoms with E-state index in [9.17, 15) is 13.2 Å². The fraction of sp³-hybridized carbons (Fsp3) is 0.0714. The van der Waals surface area contributed by atoms with Crippen LogP contribution in [0.3, 0.4) is 0 Å². The van der Waals surface area contributed by atoms with Crippen LogP contribution < -0.4 is 14.2 Å². The predicted molar refractivity (Wildman–Crippen MR) is 89.1 cm³/mol. The SMILES string of the molecule is O=C(NS(=O)(=O)c1ccc2c(c1)OCO2)c1ccc(Br)cc1Br. The Bertz CT molecular complexity index is 898. The molecule has 23 heavy (non-hydrogen) atoms. The second-order valence-electron chi connectivity index (χ2n) is 4.57. The number of benzene rings is 2. The maximum absolute atomic E-state index is 12.3. The number of fused-ring (bicyclic) bond motifs is 1. The standard InChI is InChI=1S/C14H9Br2NO5S/c15-8-1-3-10(11(16)5-8)14(18)17-23(19,20)9-2-4-12-13(6-9)22-7-21-12/h1-6H,7H2,(H,17,18). The maximum atomic E-state index is 12.3. The van der Waals surface area contributed by atoms with Crippen molar-refractivity contribution in [1.82, 2.24) is 4.72 Å². The molecule has 0 aliphatic carbocycles. The van der Waals surface area contributed by atoms with E-state index in [4.69, 9.17) is 9.47 Å². The lowest BCUT2D eigenvalue weighted by Crippen LogP contribution is -2.30. The van der Waals surface area contributed by atoms with E-state index in [1.165, 1.54) is 24.3 Å². The Morgan fingerprint density at radius 3 is 2.52 bits per heavy atom. The highest BCUT2D eigenvalue weighted by Crippen LogP contribution is 2.33. The van der Waals surface area contributed by atoms with Crippen LogP contribution in [0.1, 0.15) is 10.4 Å². The van der Waals surface area contributed by atoms with Crippen LogP contribution in [0.15, 0.2) is 50.2 Å². The van der Waals surface area contributed by atoms with Crippen LogP contribution in [0.2, 0.25) is 0 Å². The molecule has 2 aromatic carbocycles. The average molecular weight is 463 g/mol. The summed E-state index contributed by atoms with van der Waals surface area (Å²) in [6.45, 7) is 0.0387. The van der Waals surface area contributed by atoms with Crippen molar-refractivity contribution < 1.29 is 22.7 Å². The van der Waals surface area contributed by atoms with Crippen molar-refractivity contribution in [3.63, 3.8) is 0 Å². The summed E-state index contributed by atoms with van der Waals surface area (Å²) in [6, 6.07) is 8.96. The number of amides is 1. The Morgan fingerprint density at radius 1 is 1.04 bits per heavy atom. The lowest BCUT2D eigenvalue weighted by molar-refractivity contribution is 0.0980. The van der Waals surface area contributed by atoms with Crippen LogP contribution in [0.25, 0.3) is 0 Å². The summed E-state index contributed by atoms with van der Waals surface area (Å²) in [5, 5.41) is 0. The van der Waals surface area contributed by atoms with Gasteiger partial charge in [-0.3, -0.25) is 4.79 Å². The van der Waals surface area contributed by atoms with Crippen molar-refractivity contribution in [3.8, 4) is 11.5 Å². The summed E-state index contributed by atoms with van der Waals surface area (Å²) in [4.78, 5) is 12.1. The van der Waals surface area contributed by atoms with Gasteiger partial charge in [0.1, 0.15) is 0 Å². The summed E-state index contributed by atoms with van der Waals surface area (Å²) in [5.74, 6) is 0.0538. The first-order valence-electron chi connectivity index (χ1n) is 6.29. The number of halogens is 2. The second kappa shape index (κ2) is 6.14. The van der Waals surface area contributed by atoms with Gasteiger partial charge in [-0.15, -0.1) is 0 Å². The zero-order valence-corrected chi connectivity index (χ0v) is 15.4. The minimum Gasteiger partial charge on any atom is -0.454 e. The highest BCUT2D eigenvalue weighted by atomic mass is 79.9. The molecule has 0 unspecified atom stereocenters. The molecule has 1 aliphatic heterocycles. The third-order valence-corrected chi connectivity index (χ3v) is 5.54. The summed E-state index contributed by atoms with van der Waals surface area (Å²) < 4.78 is 38.2. The van der Waals surface area contributed by atoms with Crippen molar-refractivity contribution in [3.05, 3.63) is 50.9 Å². The molecule has 1 N–H and O–H groups in total. The molecule has 3 rings (SSSR count). The van der Waals surface area contributed by atoms with Gasteiger partial charge in [-0.25, -0.2) is 13.1 Å². The molecule has 9 heteroatoms. The number of carbonyl (C=O) groups excluding carboxylic acids is 1. The fourth-order valence-electron chi connectivity index (χ4n) is 1.95. The first-order valence-corrected chi connectivity index (χ1v) is 9.35. The molecule has 1 amide bonds. The van der Waals surface area contributed by atoms with E-state index in [-0.39, 0.29) is 17.3 Å². The van der Waals surface area contributed by atoms with Gasteiger partial charge in [0.25, 0.3) is 15.9 Å². The van der Waals surface area contributed by atoms with Gasteiger partial charge in [0, 0.05) is 15.0 Å². The Labute approximate surface area is 149 Å². The molecule has 0 atom stereocenters.